The van der Waals surface area contributed by atoms with Gasteiger partial charge in [0, 0.05) is 31.6 Å². The maximum Gasteiger partial charge on any atom is 0.240 e. The zero-order valence-corrected chi connectivity index (χ0v) is 19.7. The molecule has 3 aromatic rings. The van der Waals surface area contributed by atoms with Crippen LogP contribution in [0, 0.1) is 12.8 Å². The summed E-state index contributed by atoms with van der Waals surface area (Å²) in [6.07, 6.45) is 3.51. The highest BCUT2D eigenvalue weighted by Gasteiger charge is 2.14. The minimum Gasteiger partial charge on any atom is -0.380 e. The highest BCUT2D eigenvalue weighted by atomic mass is 32.2. The predicted octanol–water partition coefficient (Wildman–Crippen LogP) is 3.36. The summed E-state index contributed by atoms with van der Waals surface area (Å²) in [4.78, 5) is 13.5. The molecular formula is C22H30N6O3S. The molecule has 0 saturated carbocycles. The highest BCUT2D eigenvalue weighted by molar-refractivity contribution is 7.89. The van der Waals surface area contributed by atoms with Gasteiger partial charge in [-0.1, -0.05) is 13.8 Å². The fourth-order valence-corrected chi connectivity index (χ4v) is 4.17. The number of nitrogens with one attached hydrogen (secondary N) is 2. The van der Waals surface area contributed by atoms with Crippen LogP contribution in [-0.4, -0.2) is 47.7 Å². The maximum atomic E-state index is 12.4. The van der Waals surface area contributed by atoms with Crippen LogP contribution in [0.3, 0.4) is 0 Å². The van der Waals surface area contributed by atoms with E-state index in [9.17, 15) is 8.42 Å². The Morgan fingerprint density at radius 3 is 2.56 bits per heavy atom. The first-order valence-corrected chi connectivity index (χ1v) is 12.1. The van der Waals surface area contributed by atoms with Crippen LogP contribution in [-0.2, 0) is 21.3 Å². The van der Waals surface area contributed by atoms with Gasteiger partial charge in [0.05, 0.1) is 29.1 Å². The van der Waals surface area contributed by atoms with Crippen LogP contribution in [0.1, 0.15) is 26.6 Å². The van der Waals surface area contributed by atoms with Gasteiger partial charge in [-0.2, -0.15) is 0 Å². The lowest BCUT2D eigenvalue weighted by atomic mass is 10.2. The normalized spacial score (nSPS) is 11.8. The molecule has 0 aliphatic carbocycles. The number of hydrogen-bond donors (Lipinski definition) is 2. The summed E-state index contributed by atoms with van der Waals surface area (Å²) in [5, 5.41) is 3.13. The smallest absolute Gasteiger partial charge is 0.240 e. The van der Waals surface area contributed by atoms with E-state index in [1.54, 1.807) is 18.3 Å². The lowest BCUT2D eigenvalue weighted by Gasteiger charge is -2.13. The number of nitrogens with zero attached hydrogens (tertiary/aromatic N) is 4. The molecule has 2 N–H and O–H groups in total. The van der Waals surface area contributed by atoms with Crippen molar-refractivity contribution in [3.05, 3.63) is 48.5 Å². The average molecular weight is 459 g/mol. The van der Waals surface area contributed by atoms with Crippen LogP contribution in [0.4, 0.5) is 11.6 Å². The number of rotatable bonds is 11. The van der Waals surface area contributed by atoms with Gasteiger partial charge in [0.1, 0.15) is 5.82 Å². The van der Waals surface area contributed by atoms with E-state index in [0.717, 1.165) is 23.8 Å². The van der Waals surface area contributed by atoms with Crippen LogP contribution in [0.2, 0.25) is 0 Å². The monoisotopic (exact) mass is 458 g/mol. The van der Waals surface area contributed by atoms with E-state index in [-0.39, 0.29) is 11.4 Å². The number of imidazole rings is 1. The SMILES string of the molecule is CCOCCNS(=O)(=O)c1ccc(Nc2nccc(-c3cnc(C)n3CC(C)C)n2)cc1. The van der Waals surface area contributed by atoms with Crippen LogP contribution in [0.25, 0.3) is 11.4 Å². The summed E-state index contributed by atoms with van der Waals surface area (Å²) in [5.41, 5.74) is 2.38. The van der Waals surface area contributed by atoms with Gasteiger partial charge >= 0.3 is 0 Å². The Labute approximate surface area is 189 Å². The first kappa shape index (κ1) is 23.8. The maximum absolute atomic E-state index is 12.4. The van der Waals surface area contributed by atoms with Crippen molar-refractivity contribution in [1.29, 1.82) is 0 Å². The summed E-state index contributed by atoms with van der Waals surface area (Å²) < 4.78 is 34.5. The Morgan fingerprint density at radius 1 is 1.12 bits per heavy atom. The molecule has 0 atom stereocenters. The van der Waals surface area contributed by atoms with Gasteiger partial charge < -0.3 is 14.6 Å². The molecule has 32 heavy (non-hydrogen) atoms. The summed E-state index contributed by atoms with van der Waals surface area (Å²) in [6.45, 7) is 10.1. The van der Waals surface area contributed by atoms with Gasteiger partial charge in [-0.3, -0.25) is 0 Å². The molecule has 0 fully saturated rings. The molecule has 0 radical (unpaired) electrons. The molecule has 0 bridgehead atoms. The number of benzene rings is 1. The van der Waals surface area contributed by atoms with Gasteiger partial charge in [0.25, 0.3) is 0 Å². The summed E-state index contributed by atoms with van der Waals surface area (Å²) in [6, 6.07) is 8.29. The fraction of sp³-hybridized carbons (Fsp3) is 0.409. The number of sulfonamides is 1. The molecule has 0 amide bonds. The van der Waals surface area contributed by atoms with Crippen molar-refractivity contribution >= 4 is 21.7 Å². The lowest BCUT2D eigenvalue weighted by Crippen LogP contribution is -2.27. The number of ether oxygens (including phenoxy) is 1. The van der Waals surface area contributed by atoms with Gasteiger partial charge in [-0.05, 0) is 50.1 Å². The van der Waals surface area contributed by atoms with Crippen molar-refractivity contribution in [3.63, 3.8) is 0 Å². The summed E-state index contributed by atoms with van der Waals surface area (Å²) >= 11 is 0. The Hall–Kier alpha value is -2.82. The molecule has 3 rings (SSSR count). The molecule has 9 nitrogen and oxygen atoms in total. The molecule has 0 aliphatic heterocycles. The highest BCUT2D eigenvalue weighted by Crippen LogP contribution is 2.22. The molecule has 2 aromatic heterocycles. The van der Waals surface area contributed by atoms with Crippen LogP contribution >= 0.6 is 0 Å². The Balaban J connectivity index is 1.73. The fourth-order valence-electron chi connectivity index (χ4n) is 3.15. The van der Waals surface area contributed by atoms with E-state index in [4.69, 9.17) is 4.74 Å². The van der Waals surface area contributed by atoms with Crippen molar-refractivity contribution in [1.82, 2.24) is 24.2 Å². The Morgan fingerprint density at radius 2 is 1.88 bits per heavy atom. The van der Waals surface area contributed by atoms with E-state index >= 15 is 0 Å². The Bertz CT molecular complexity index is 1130. The van der Waals surface area contributed by atoms with Crippen LogP contribution in [0.15, 0.2) is 47.6 Å². The van der Waals surface area contributed by atoms with Crippen molar-refractivity contribution in [2.75, 3.05) is 25.1 Å². The molecule has 10 heteroatoms. The molecule has 2 heterocycles. The largest absolute Gasteiger partial charge is 0.380 e. The molecule has 0 saturated heterocycles. The third-order valence-electron chi connectivity index (χ3n) is 4.68. The molecule has 0 aliphatic rings. The van der Waals surface area contributed by atoms with E-state index < -0.39 is 10.0 Å². The van der Waals surface area contributed by atoms with Gasteiger partial charge in [0.2, 0.25) is 16.0 Å². The Kier molecular flexibility index (Phi) is 7.94. The third-order valence-corrected chi connectivity index (χ3v) is 6.16. The first-order valence-electron chi connectivity index (χ1n) is 10.6. The van der Waals surface area contributed by atoms with Crippen molar-refractivity contribution in [3.8, 4) is 11.4 Å². The third kappa shape index (κ3) is 6.12. The van der Waals surface area contributed by atoms with Crippen LogP contribution in [0.5, 0.6) is 0 Å². The van der Waals surface area contributed by atoms with Crippen LogP contribution < -0.4 is 10.0 Å². The van der Waals surface area contributed by atoms with Crippen molar-refractivity contribution < 1.29 is 13.2 Å². The summed E-state index contributed by atoms with van der Waals surface area (Å²) in [5.74, 6) is 1.83. The minimum atomic E-state index is -3.58. The van der Waals surface area contributed by atoms with Crippen molar-refractivity contribution in [2.45, 2.75) is 39.1 Å². The second-order valence-corrected chi connectivity index (χ2v) is 9.47. The topological polar surface area (TPSA) is 111 Å². The number of aromatic nitrogens is 4. The molecular weight excluding hydrogens is 428 g/mol. The standard InChI is InChI=1S/C22H30N6O3S/c1-5-31-13-12-25-32(29,30)19-8-6-18(7-9-19)26-22-23-11-10-20(27-22)21-14-24-17(4)28(21)15-16(2)3/h6-11,14,16,25H,5,12-13,15H2,1-4H3,(H,23,26,27). The minimum absolute atomic E-state index is 0.183. The molecule has 172 valence electrons. The van der Waals surface area contributed by atoms with E-state index in [1.165, 1.54) is 12.1 Å². The quantitative estimate of drug-likeness (QED) is 0.424. The molecule has 1 aromatic carbocycles. The van der Waals surface area contributed by atoms with Gasteiger partial charge in [0.15, 0.2) is 0 Å². The number of aryl methyl sites for hydroxylation is 1. The molecule has 0 spiro atoms. The van der Waals surface area contributed by atoms with E-state index in [0.29, 0.717) is 30.8 Å². The lowest BCUT2D eigenvalue weighted by molar-refractivity contribution is 0.153. The van der Waals surface area contributed by atoms with E-state index in [2.05, 4.69) is 43.4 Å². The zero-order valence-electron chi connectivity index (χ0n) is 18.9. The van der Waals surface area contributed by atoms with Gasteiger partial charge in [-0.15, -0.1) is 0 Å². The van der Waals surface area contributed by atoms with E-state index in [1.807, 2.05) is 26.1 Å². The second kappa shape index (κ2) is 10.7. The van der Waals surface area contributed by atoms with Crippen molar-refractivity contribution in [2.24, 2.45) is 5.92 Å². The number of anilines is 2. The first-order chi connectivity index (χ1) is 15.3. The molecule has 0 unspecified atom stereocenters. The predicted molar refractivity (Wildman–Crippen MR) is 124 cm³/mol. The van der Waals surface area contributed by atoms with Gasteiger partial charge in [-0.25, -0.2) is 28.1 Å². The zero-order chi connectivity index (χ0) is 23.1. The number of hydrogen-bond acceptors (Lipinski definition) is 7. The summed E-state index contributed by atoms with van der Waals surface area (Å²) in [7, 11) is -3.58. The average Bonchev–Trinajstić information content (AvgIpc) is 3.11. The second-order valence-electron chi connectivity index (χ2n) is 7.70.